The van der Waals surface area contributed by atoms with E-state index in [2.05, 4.69) is 30.3 Å². The van der Waals surface area contributed by atoms with Gasteiger partial charge in [-0.25, -0.2) is 0 Å². The minimum Gasteiger partial charge on any atom is -0.312 e. The number of likely N-dealkylation sites (N-methyl/N-ethyl adjacent to an activating group) is 2. The molecule has 20 heavy (non-hydrogen) atoms. The number of benzene rings is 1. The molecule has 1 aliphatic rings. The summed E-state index contributed by atoms with van der Waals surface area (Å²) in [6, 6.07) is 6.86. The maximum Gasteiger partial charge on any atom is 0.0624 e. The fourth-order valence-electron chi connectivity index (χ4n) is 2.68. The van der Waals surface area contributed by atoms with Gasteiger partial charge in [-0.05, 0) is 31.6 Å². The maximum absolute atomic E-state index is 6.33. The van der Waals surface area contributed by atoms with E-state index in [0.29, 0.717) is 22.1 Å². The Hall–Kier alpha value is 0.0700. The van der Waals surface area contributed by atoms with Crippen molar-refractivity contribution in [3.05, 3.63) is 33.8 Å². The smallest absolute Gasteiger partial charge is 0.0624 e. The second-order valence-electron chi connectivity index (χ2n) is 5.20. The summed E-state index contributed by atoms with van der Waals surface area (Å²) in [4.78, 5) is 2.46. The topological polar surface area (TPSA) is 15.3 Å². The lowest BCUT2D eigenvalue weighted by molar-refractivity contribution is 0.215. The predicted octanol–water partition coefficient (Wildman–Crippen LogP) is 3.56. The van der Waals surface area contributed by atoms with E-state index in [-0.39, 0.29) is 0 Å². The number of hydrogen-bond donors (Lipinski definition) is 1. The molecule has 0 aliphatic carbocycles. The molecule has 1 heterocycles. The van der Waals surface area contributed by atoms with Gasteiger partial charge in [0.2, 0.25) is 0 Å². The molecule has 0 saturated carbocycles. The largest absolute Gasteiger partial charge is 0.312 e. The van der Waals surface area contributed by atoms with Crippen molar-refractivity contribution in [1.29, 1.82) is 0 Å². The van der Waals surface area contributed by atoms with Gasteiger partial charge in [0.15, 0.2) is 0 Å². The van der Waals surface area contributed by atoms with Gasteiger partial charge >= 0.3 is 0 Å². The molecule has 1 aliphatic heterocycles. The summed E-state index contributed by atoms with van der Waals surface area (Å²) < 4.78 is 0. The quantitative estimate of drug-likeness (QED) is 0.887. The first kappa shape index (κ1) is 16.4. The average Bonchev–Trinajstić information content (AvgIpc) is 2.44. The Labute approximate surface area is 136 Å². The number of thioether (sulfide) groups is 1. The van der Waals surface area contributed by atoms with Gasteiger partial charge in [-0.2, -0.15) is 11.8 Å². The molecule has 0 bridgehead atoms. The molecule has 2 nitrogen and oxygen atoms in total. The molecule has 0 aromatic heterocycles. The lowest BCUT2D eigenvalue weighted by Crippen LogP contribution is -2.53. The monoisotopic (exact) mass is 332 g/mol. The van der Waals surface area contributed by atoms with Gasteiger partial charge < -0.3 is 10.2 Å². The summed E-state index contributed by atoms with van der Waals surface area (Å²) in [6.07, 6.45) is 0.919. The van der Waals surface area contributed by atoms with Gasteiger partial charge in [0.25, 0.3) is 0 Å². The molecule has 112 valence electrons. The first-order valence-electron chi connectivity index (χ1n) is 7.07. The van der Waals surface area contributed by atoms with E-state index in [4.69, 9.17) is 23.2 Å². The molecule has 2 unspecified atom stereocenters. The van der Waals surface area contributed by atoms with Crippen LogP contribution in [0.3, 0.4) is 0 Å². The minimum absolute atomic E-state index is 0.411. The van der Waals surface area contributed by atoms with E-state index in [1.807, 2.05) is 23.9 Å². The molecular formula is C15H22Cl2N2S. The Bertz CT molecular complexity index is 442. The van der Waals surface area contributed by atoms with Crippen molar-refractivity contribution in [2.24, 2.45) is 0 Å². The summed E-state index contributed by atoms with van der Waals surface area (Å²) in [7, 11) is 2.22. The first-order valence-corrected chi connectivity index (χ1v) is 8.98. The van der Waals surface area contributed by atoms with Crippen molar-refractivity contribution in [1.82, 2.24) is 10.2 Å². The van der Waals surface area contributed by atoms with Crippen LogP contribution in [-0.2, 0) is 6.42 Å². The summed E-state index contributed by atoms with van der Waals surface area (Å²) in [6.45, 7) is 4.28. The molecular weight excluding hydrogens is 311 g/mol. The first-order chi connectivity index (χ1) is 9.63. The third-order valence-electron chi connectivity index (χ3n) is 3.85. The number of nitrogens with one attached hydrogen (secondary N) is 1. The van der Waals surface area contributed by atoms with Crippen LogP contribution in [0, 0.1) is 0 Å². The highest BCUT2D eigenvalue weighted by molar-refractivity contribution is 7.99. The summed E-state index contributed by atoms with van der Waals surface area (Å²) in [5.41, 5.74) is 1.13. The van der Waals surface area contributed by atoms with Crippen LogP contribution in [0.5, 0.6) is 0 Å². The lowest BCUT2D eigenvalue weighted by atomic mass is 9.99. The van der Waals surface area contributed by atoms with Crippen LogP contribution in [0.25, 0.3) is 0 Å². The van der Waals surface area contributed by atoms with Crippen LogP contribution >= 0.6 is 35.0 Å². The molecule has 1 fully saturated rings. The van der Waals surface area contributed by atoms with E-state index < -0.39 is 0 Å². The minimum atomic E-state index is 0.411. The SMILES string of the molecule is CCNC(Cc1cccc(Cl)c1Cl)C1CSCCN1C. The van der Waals surface area contributed by atoms with Gasteiger partial charge in [-0.1, -0.05) is 42.3 Å². The zero-order valence-electron chi connectivity index (χ0n) is 12.0. The van der Waals surface area contributed by atoms with Gasteiger partial charge in [-0.15, -0.1) is 0 Å². The Kier molecular flexibility index (Phi) is 6.50. The van der Waals surface area contributed by atoms with E-state index in [9.17, 15) is 0 Å². The standard InChI is InChI=1S/C15H22Cl2N2S/c1-3-18-13(14-10-20-8-7-19(14)2)9-11-5-4-6-12(16)15(11)17/h4-6,13-14,18H,3,7-10H2,1-2H3. The molecule has 0 radical (unpaired) electrons. The van der Waals surface area contributed by atoms with E-state index in [0.717, 1.165) is 25.1 Å². The summed E-state index contributed by atoms with van der Waals surface area (Å²) in [5.74, 6) is 2.40. The molecule has 5 heteroatoms. The number of nitrogens with zero attached hydrogens (tertiary/aromatic N) is 1. The second-order valence-corrected chi connectivity index (χ2v) is 7.14. The third kappa shape index (κ3) is 4.05. The van der Waals surface area contributed by atoms with Crippen LogP contribution in [-0.4, -0.2) is 48.6 Å². The molecule has 1 aromatic rings. The molecule has 1 aromatic carbocycles. The van der Waals surface area contributed by atoms with Gasteiger partial charge in [-0.3, -0.25) is 0 Å². The molecule has 2 atom stereocenters. The molecule has 2 rings (SSSR count). The molecule has 0 spiro atoms. The van der Waals surface area contributed by atoms with Crippen molar-refractivity contribution in [2.45, 2.75) is 25.4 Å². The van der Waals surface area contributed by atoms with Crippen LogP contribution in [0.2, 0.25) is 10.0 Å². The van der Waals surface area contributed by atoms with E-state index >= 15 is 0 Å². The van der Waals surface area contributed by atoms with E-state index in [1.165, 1.54) is 11.5 Å². The normalized spacial score (nSPS) is 21.9. The Morgan fingerprint density at radius 2 is 2.25 bits per heavy atom. The zero-order valence-corrected chi connectivity index (χ0v) is 14.4. The average molecular weight is 333 g/mol. The van der Waals surface area contributed by atoms with Crippen LogP contribution in [0.1, 0.15) is 12.5 Å². The summed E-state index contributed by atoms with van der Waals surface area (Å²) in [5, 5.41) is 4.96. The molecule has 0 amide bonds. The van der Waals surface area contributed by atoms with Crippen molar-refractivity contribution >= 4 is 35.0 Å². The fraction of sp³-hybridized carbons (Fsp3) is 0.600. The Balaban J connectivity index is 2.14. The Morgan fingerprint density at radius 3 is 2.95 bits per heavy atom. The third-order valence-corrected chi connectivity index (χ3v) is 5.75. The van der Waals surface area contributed by atoms with Crippen molar-refractivity contribution in [2.75, 3.05) is 31.6 Å². The highest BCUT2D eigenvalue weighted by Crippen LogP contribution is 2.28. The van der Waals surface area contributed by atoms with Gasteiger partial charge in [0.05, 0.1) is 10.0 Å². The van der Waals surface area contributed by atoms with Gasteiger partial charge in [0.1, 0.15) is 0 Å². The number of rotatable bonds is 5. The molecule has 1 N–H and O–H groups in total. The van der Waals surface area contributed by atoms with Crippen molar-refractivity contribution in [3.63, 3.8) is 0 Å². The second kappa shape index (κ2) is 7.90. The lowest BCUT2D eigenvalue weighted by Gasteiger charge is -2.38. The molecule has 1 saturated heterocycles. The number of halogens is 2. The highest BCUT2D eigenvalue weighted by atomic mass is 35.5. The van der Waals surface area contributed by atoms with Crippen LogP contribution < -0.4 is 5.32 Å². The van der Waals surface area contributed by atoms with Crippen molar-refractivity contribution in [3.8, 4) is 0 Å². The van der Waals surface area contributed by atoms with Crippen LogP contribution in [0.15, 0.2) is 18.2 Å². The predicted molar refractivity (Wildman–Crippen MR) is 91.4 cm³/mol. The van der Waals surface area contributed by atoms with Gasteiger partial charge in [0, 0.05) is 30.1 Å². The maximum atomic E-state index is 6.33. The highest BCUT2D eigenvalue weighted by Gasteiger charge is 2.28. The van der Waals surface area contributed by atoms with E-state index in [1.54, 1.807) is 0 Å². The Morgan fingerprint density at radius 1 is 1.45 bits per heavy atom. The van der Waals surface area contributed by atoms with Crippen molar-refractivity contribution < 1.29 is 0 Å². The number of hydrogen-bond acceptors (Lipinski definition) is 3. The van der Waals surface area contributed by atoms with Crippen LogP contribution in [0.4, 0.5) is 0 Å². The fourth-order valence-corrected chi connectivity index (χ4v) is 4.39. The summed E-state index contributed by atoms with van der Waals surface area (Å²) >= 11 is 14.5. The zero-order chi connectivity index (χ0) is 14.5.